The number of nitrogens with one attached hydrogen (secondary N) is 1. The monoisotopic (exact) mass is 793 g/mol. The molecule has 274 valence electrons. The van der Waals surface area contributed by atoms with E-state index < -0.39 is 28.5 Å². The van der Waals surface area contributed by atoms with Gasteiger partial charge in [-0.3, -0.25) is 13.9 Å². The lowest BCUT2D eigenvalue weighted by Crippen LogP contribution is -2.55. The van der Waals surface area contributed by atoms with Crippen LogP contribution in [0.2, 0.25) is 0 Å². The van der Waals surface area contributed by atoms with Gasteiger partial charge in [-0.2, -0.15) is 0 Å². The Morgan fingerprint density at radius 2 is 1.36 bits per heavy atom. The molecular formula is C43H44BrN3O5S. The maximum Gasteiger partial charge on any atom is 0.264 e. The van der Waals surface area contributed by atoms with Crippen molar-refractivity contribution in [2.45, 2.75) is 69.0 Å². The summed E-state index contributed by atoms with van der Waals surface area (Å²) in [6.45, 7) is 1.45. The van der Waals surface area contributed by atoms with E-state index in [9.17, 15) is 18.0 Å². The van der Waals surface area contributed by atoms with Crippen LogP contribution < -0.4 is 14.4 Å². The minimum atomic E-state index is -4.24. The number of para-hydroxylation sites is 1. The molecule has 0 aromatic heterocycles. The number of ether oxygens (including phenoxy) is 1. The summed E-state index contributed by atoms with van der Waals surface area (Å²) in [6, 6.07) is 38.8. The second kappa shape index (κ2) is 17.7. The summed E-state index contributed by atoms with van der Waals surface area (Å²) in [7, 11) is -4.24. The van der Waals surface area contributed by atoms with Gasteiger partial charge in [0.15, 0.2) is 0 Å². The van der Waals surface area contributed by atoms with E-state index in [1.807, 2.05) is 91.9 Å². The Hall–Kier alpha value is -4.93. The molecule has 0 radical (unpaired) electrons. The summed E-state index contributed by atoms with van der Waals surface area (Å²) in [6.07, 6.45) is 5.25. The predicted molar refractivity (Wildman–Crippen MR) is 212 cm³/mol. The Kier molecular flexibility index (Phi) is 12.6. The largest absolute Gasteiger partial charge is 0.457 e. The number of amides is 2. The maximum atomic E-state index is 14.9. The molecular weight excluding hydrogens is 750 g/mol. The third-order valence-corrected chi connectivity index (χ3v) is 11.8. The molecule has 0 spiro atoms. The first-order valence-electron chi connectivity index (χ1n) is 18.0. The molecule has 2 amide bonds. The van der Waals surface area contributed by atoms with Gasteiger partial charge in [0.1, 0.15) is 24.1 Å². The Balaban J connectivity index is 1.38. The topological polar surface area (TPSA) is 96.0 Å². The number of halogens is 1. The summed E-state index contributed by atoms with van der Waals surface area (Å²) in [5.74, 6) is 0.395. The number of hydrogen-bond acceptors (Lipinski definition) is 5. The van der Waals surface area contributed by atoms with Crippen molar-refractivity contribution >= 4 is 43.5 Å². The van der Waals surface area contributed by atoms with E-state index >= 15 is 0 Å². The molecule has 1 aliphatic rings. The first-order chi connectivity index (χ1) is 25.7. The zero-order chi connectivity index (χ0) is 37.2. The zero-order valence-electron chi connectivity index (χ0n) is 29.7. The van der Waals surface area contributed by atoms with Crippen LogP contribution in [0.4, 0.5) is 5.69 Å². The average Bonchev–Trinajstić information content (AvgIpc) is 3.17. The molecule has 1 fully saturated rings. The standard InChI is InChI=1S/C43H44BrN3O5S/c1-32-17-27-40(28-18-32)53(50,51)47(37-23-25-39(26-24-37)52-38-15-9-4-10-16-38)31-42(48)46(30-34-19-21-35(44)22-20-34)41(29-33-11-5-2-6-12-33)43(49)45-36-13-7-3-8-14-36/h2,4-6,9-12,15-28,36,41H,3,7-8,13-14,29-31H2,1H3,(H,45,49). The summed E-state index contributed by atoms with van der Waals surface area (Å²) in [5.41, 5.74) is 2.89. The van der Waals surface area contributed by atoms with E-state index in [0.29, 0.717) is 11.5 Å². The van der Waals surface area contributed by atoms with Crippen LogP contribution in [-0.2, 0) is 32.6 Å². The number of sulfonamides is 1. The molecule has 6 rings (SSSR count). The van der Waals surface area contributed by atoms with Gasteiger partial charge in [-0.15, -0.1) is 0 Å². The first kappa shape index (κ1) is 37.8. The van der Waals surface area contributed by atoms with Crippen molar-refractivity contribution in [1.82, 2.24) is 10.2 Å². The summed E-state index contributed by atoms with van der Waals surface area (Å²) in [4.78, 5) is 30.8. The fraction of sp³-hybridized carbons (Fsp3) is 0.256. The molecule has 0 saturated heterocycles. The molecule has 0 bridgehead atoms. The number of benzene rings is 5. The van der Waals surface area contributed by atoms with Gasteiger partial charge in [0.2, 0.25) is 11.8 Å². The molecule has 0 heterocycles. The van der Waals surface area contributed by atoms with Crippen molar-refractivity contribution in [1.29, 1.82) is 0 Å². The minimum Gasteiger partial charge on any atom is -0.457 e. The lowest BCUT2D eigenvalue weighted by Gasteiger charge is -2.35. The van der Waals surface area contributed by atoms with Crippen LogP contribution in [0.3, 0.4) is 0 Å². The van der Waals surface area contributed by atoms with Crippen molar-refractivity contribution in [2.24, 2.45) is 0 Å². The lowest BCUT2D eigenvalue weighted by atomic mass is 9.94. The second-order valence-corrected chi connectivity index (χ2v) is 16.2. The third-order valence-electron chi connectivity index (χ3n) is 9.48. The van der Waals surface area contributed by atoms with Crippen LogP contribution in [0.25, 0.3) is 0 Å². The maximum absolute atomic E-state index is 14.9. The molecule has 0 aliphatic heterocycles. The Morgan fingerprint density at radius 1 is 0.755 bits per heavy atom. The van der Waals surface area contributed by atoms with Crippen molar-refractivity contribution in [3.8, 4) is 11.5 Å². The Morgan fingerprint density at radius 3 is 2.00 bits per heavy atom. The highest BCUT2D eigenvalue weighted by atomic mass is 79.9. The molecule has 10 heteroatoms. The molecule has 1 atom stereocenters. The number of anilines is 1. The van der Waals surface area contributed by atoms with E-state index in [2.05, 4.69) is 21.2 Å². The minimum absolute atomic E-state index is 0.0224. The number of nitrogens with zero attached hydrogens (tertiary/aromatic N) is 2. The van der Waals surface area contributed by atoms with Crippen LogP contribution in [0.1, 0.15) is 48.8 Å². The predicted octanol–water partition coefficient (Wildman–Crippen LogP) is 8.83. The van der Waals surface area contributed by atoms with Crippen molar-refractivity contribution in [2.75, 3.05) is 10.8 Å². The quantitative estimate of drug-likeness (QED) is 0.121. The molecule has 5 aromatic carbocycles. The van der Waals surface area contributed by atoms with Crippen LogP contribution in [0, 0.1) is 6.92 Å². The van der Waals surface area contributed by atoms with Crippen molar-refractivity contribution in [3.05, 3.63) is 155 Å². The van der Waals surface area contributed by atoms with Gasteiger partial charge >= 0.3 is 0 Å². The zero-order valence-corrected chi connectivity index (χ0v) is 32.1. The highest BCUT2D eigenvalue weighted by Gasteiger charge is 2.35. The van der Waals surface area contributed by atoms with Crippen LogP contribution >= 0.6 is 15.9 Å². The number of carbonyl (C=O) groups is 2. The van der Waals surface area contributed by atoms with E-state index in [1.165, 1.54) is 0 Å². The van der Waals surface area contributed by atoms with Gasteiger partial charge in [-0.25, -0.2) is 8.42 Å². The molecule has 53 heavy (non-hydrogen) atoms. The van der Waals surface area contributed by atoms with Crippen molar-refractivity contribution in [3.63, 3.8) is 0 Å². The Bertz CT molecular complexity index is 2060. The van der Waals surface area contributed by atoms with Gasteiger partial charge in [0, 0.05) is 23.5 Å². The fourth-order valence-corrected chi connectivity index (χ4v) is 8.23. The highest BCUT2D eigenvalue weighted by molar-refractivity contribution is 9.10. The molecule has 1 aliphatic carbocycles. The first-order valence-corrected chi connectivity index (χ1v) is 20.2. The summed E-state index contributed by atoms with van der Waals surface area (Å²) >= 11 is 3.50. The van der Waals surface area contributed by atoms with Gasteiger partial charge in [-0.05, 0) is 91.6 Å². The molecule has 1 N–H and O–H groups in total. The van der Waals surface area contributed by atoms with Crippen LogP contribution in [-0.4, -0.2) is 43.8 Å². The van der Waals surface area contributed by atoms with E-state index in [4.69, 9.17) is 4.74 Å². The van der Waals surface area contributed by atoms with Gasteiger partial charge in [0.25, 0.3) is 10.0 Å². The van der Waals surface area contributed by atoms with Gasteiger partial charge < -0.3 is 15.0 Å². The number of aryl methyl sites for hydroxylation is 1. The summed E-state index contributed by atoms with van der Waals surface area (Å²) < 4.78 is 36.9. The van der Waals surface area contributed by atoms with E-state index in [0.717, 1.165) is 57.6 Å². The second-order valence-electron chi connectivity index (χ2n) is 13.4. The highest BCUT2D eigenvalue weighted by Crippen LogP contribution is 2.29. The van der Waals surface area contributed by atoms with Crippen molar-refractivity contribution < 1.29 is 22.7 Å². The van der Waals surface area contributed by atoms with E-state index in [1.54, 1.807) is 53.4 Å². The molecule has 1 unspecified atom stereocenters. The lowest BCUT2D eigenvalue weighted by molar-refractivity contribution is -0.140. The van der Waals surface area contributed by atoms with E-state index in [-0.39, 0.29) is 35.5 Å². The number of carbonyl (C=O) groups excluding carboxylic acids is 2. The van der Waals surface area contributed by atoms with Crippen LogP contribution in [0.15, 0.2) is 143 Å². The smallest absolute Gasteiger partial charge is 0.264 e. The third kappa shape index (κ3) is 10.1. The molecule has 8 nitrogen and oxygen atoms in total. The van der Waals surface area contributed by atoms with Crippen LogP contribution in [0.5, 0.6) is 11.5 Å². The average molecular weight is 795 g/mol. The molecule has 1 saturated carbocycles. The number of rotatable bonds is 14. The van der Waals surface area contributed by atoms with Gasteiger partial charge in [-0.1, -0.05) is 114 Å². The Labute approximate surface area is 321 Å². The molecule has 5 aromatic rings. The fourth-order valence-electron chi connectivity index (χ4n) is 6.56. The number of hydrogen-bond donors (Lipinski definition) is 1. The van der Waals surface area contributed by atoms with Gasteiger partial charge in [0.05, 0.1) is 10.6 Å². The summed E-state index contributed by atoms with van der Waals surface area (Å²) in [5, 5.41) is 3.26. The SMILES string of the molecule is Cc1ccc(S(=O)(=O)N(CC(=O)N(Cc2ccc(Br)cc2)C(Cc2ccccc2)C(=O)NC2CCCCC2)c2ccc(Oc3ccccc3)cc2)cc1. The normalized spacial score (nSPS) is 13.8.